The van der Waals surface area contributed by atoms with Crippen molar-refractivity contribution >= 4 is 29.3 Å². The number of thioether (sulfide) groups is 1. The van der Waals surface area contributed by atoms with E-state index >= 15 is 0 Å². The second kappa shape index (κ2) is 11.9. The minimum absolute atomic E-state index is 0.150. The molecule has 2 amide bonds. The molecule has 8 nitrogen and oxygen atoms in total. The third-order valence-corrected chi connectivity index (χ3v) is 5.48. The van der Waals surface area contributed by atoms with E-state index in [1.807, 2.05) is 24.3 Å². The van der Waals surface area contributed by atoms with Crippen LogP contribution in [-0.4, -0.2) is 46.4 Å². The standard InChI is InChI=1S/C23H27N5O3S/c1-3-6-20-26-23(28-27-20)32-15-21(29)25-19-8-5-4-7-18(19)22(30)24-14-13-16-9-11-17(31-2)12-10-16/h4-5,7-12H,3,6,13-15H2,1-2H3,(H,24,30)(H,25,29)(H,26,27,28). The van der Waals surface area contributed by atoms with Crippen LogP contribution < -0.4 is 15.4 Å². The maximum atomic E-state index is 12.7. The molecule has 32 heavy (non-hydrogen) atoms. The molecule has 3 aromatic rings. The fraction of sp³-hybridized carbons (Fsp3) is 0.304. The maximum absolute atomic E-state index is 12.7. The van der Waals surface area contributed by atoms with Crippen molar-refractivity contribution in [1.82, 2.24) is 20.5 Å². The zero-order valence-corrected chi connectivity index (χ0v) is 19.0. The fourth-order valence-corrected chi connectivity index (χ4v) is 3.62. The number of hydrogen-bond acceptors (Lipinski definition) is 6. The first-order valence-corrected chi connectivity index (χ1v) is 11.4. The molecule has 1 aromatic heterocycles. The number of hydrogen-bond donors (Lipinski definition) is 3. The number of benzene rings is 2. The lowest BCUT2D eigenvalue weighted by Gasteiger charge is -2.11. The molecule has 0 radical (unpaired) electrons. The molecular formula is C23H27N5O3S. The molecule has 0 aliphatic rings. The minimum atomic E-state index is -0.236. The molecular weight excluding hydrogens is 426 g/mol. The Hall–Kier alpha value is -3.33. The van der Waals surface area contributed by atoms with Crippen molar-refractivity contribution in [3.63, 3.8) is 0 Å². The van der Waals surface area contributed by atoms with Gasteiger partial charge in [-0.05, 0) is 42.7 Å². The summed E-state index contributed by atoms with van der Waals surface area (Å²) in [5, 5.41) is 13.2. The normalized spacial score (nSPS) is 10.6. The summed E-state index contributed by atoms with van der Waals surface area (Å²) in [5.74, 6) is 1.30. The summed E-state index contributed by atoms with van der Waals surface area (Å²) in [6, 6.07) is 14.7. The molecule has 0 saturated carbocycles. The summed E-state index contributed by atoms with van der Waals surface area (Å²) in [6.07, 6.45) is 2.48. The van der Waals surface area contributed by atoms with Crippen LogP contribution in [0.4, 0.5) is 5.69 Å². The van der Waals surface area contributed by atoms with Gasteiger partial charge in [0.1, 0.15) is 11.6 Å². The Morgan fingerprint density at radius 2 is 1.88 bits per heavy atom. The van der Waals surface area contributed by atoms with Gasteiger partial charge < -0.3 is 15.4 Å². The molecule has 0 bridgehead atoms. The van der Waals surface area contributed by atoms with Crippen LogP contribution in [0.1, 0.15) is 35.1 Å². The van der Waals surface area contributed by atoms with Gasteiger partial charge in [-0.1, -0.05) is 43.0 Å². The summed E-state index contributed by atoms with van der Waals surface area (Å²) in [4.78, 5) is 29.4. The Kier molecular flexibility index (Phi) is 8.68. The van der Waals surface area contributed by atoms with E-state index < -0.39 is 0 Å². The number of rotatable bonds is 11. The predicted molar refractivity (Wildman–Crippen MR) is 125 cm³/mol. The molecule has 0 spiro atoms. The van der Waals surface area contributed by atoms with Gasteiger partial charge in [-0.2, -0.15) is 0 Å². The maximum Gasteiger partial charge on any atom is 0.253 e. The first-order chi connectivity index (χ1) is 15.6. The van der Waals surface area contributed by atoms with Gasteiger partial charge in [0.15, 0.2) is 0 Å². The highest BCUT2D eigenvalue weighted by Gasteiger charge is 2.14. The average molecular weight is 454 g/mol. The fourth-order valence-electron chi connectivity index (χ4n) is 3.01. The molecule has 1 heterocycles. The molecule has 0 aliphatic carbocycles. The number of ether oxygens (including phenoxy) is 1. The molecule has 0 atom stereocenters. The van der Waals surface area contributed by atoms with Gasteiger partial charge in [0.2, 0.25) is 11.1 Å². The van der Waals surface area contributed by atoms with Gasteiger partial charge in [0.25, 0.3) is 5.91 Å². The van der Waals surface area contributed by atoms with E-state index in [2.05, 4.69) is 32.7 Å². The van der Waals surface area contributed by atoms with Crippen LogP contribution >= 0.6 is 11.8 Å². The zero-order valence-electron chi connectivity index (χ0n) is 18.2. The first-order valence-electron chi connectivity index (χ1n) is 10.4. The van der Waals surface area contributed by atoms with E-state index in [-0.39, 0.29) is 17.6 Å². The largest absolute Gasteiger partial charge is 0.497 e. The van der Waals surface area contributed by atoms with Gasteiger partial charge in [0.05, 0.1) is 24.1 Å². The van der Waals surface area contributed by atoms with Crippen molar-refractivity contribution in [2.75, 3.05) is 24.7 Å². The van der Waals surface area contributed by atoms with Crippen molar-refractivity contribution in [2.45, 2.75) is 31.3 Å². The average Bonchev–Trinajstić information content (AvgIpc) is 3.26. The van der Waals surface area contributed by atoms with E-state index in [1.165, 1.54) is 11.8 Å². The summed E-state index contributed by atoms with van der Waals surface area (Å²) >= 11 is 1.25. The van der Waals surface area contributed by atoms with Gasteiger partial charge in [-0.3, -0.25) is 14.7 Å². The number of amides is 2. The Balaban J connectivity index is 1.50. The third kappa shape index (κ3) is 6.84. The van der Waals surface area contributed by atoms with E-state index in [0.717, 1.165) is 30.0 Å². The summed E-state index contributed by atoms with van der Waals surface area (Å²) in [7, 11) is 1.63. The van der Waals surface area contributed by atoms with Crippen molar-refractivity contribution in [3.8, 4) is 5.75 Å². The molecule has 0 fully saturated rings. The number of H-pyrrole nitrogens is 1. The van der Waals surface area contributed by atoms with Crippen molar-refractivity contribution in [2.24, 2.45) is 0 Å². The second-order valence-corrected chi connectivity index (χ2v) is 7.99. The van der Waals surface area contributed by atoms with Gasteiger partial charge in [0, 0.05) is 13.0 Å². The predicted octanol–water partition coefficient (Wildman–Crippen LogP) is 3.47. The third-order valence-electron chi connectivity index (χ3n) is 4.63. The molecule has 9 heteroatoms. The number of aryl methyl sites for hydroxylation is 1. The van der Waals surface area contributed by atoms with Crippen LogP contribution in [0.5, 0.6) is 5.75 Å². The lowest BCUT2D eigenvalue weighted by molar-refractivity contribution is -0.113. The van der Waals surface area contributed by atoms with Crippen LogP contribution in [0.25, 0.3) is 0 Å². The number of para-hydroxylation sites is 1. The smallest absolute Gasteiger partial charge is 0.253 e. The number of methoxy groups -OCH3 is 1. The first kappa shape index (κ1) is 23.3. The molecule has 168 valence electrons. The van der Waals surface area contributed by atoms with Crippen LogP contribution in [0.2, 0.25) is 0 Å². The van der Waals surface area contributed by atoms with Gasteiger partial charge in [-0.25, -0.2) is 4.98 Å². The number of aromatic nitrogens is 3. The van der Waals surface area contributed by atoms with E-state index in [1.54, 1.807) is 31.4 Å². The monoisotopic (exact) mass is 453 g/mol. The lowest BCUT2D eigenvalue weighted by Crippen LogP contribution is -2.27. The van der Waals surface area contributed by atoms with Crippen molar-refractivity contribution in [3.05, 3.63) is 65.5 Å². The highest BCUT2D eigenvalue weighted by molar-refractivity contribution is 7.99. The van der Waals surface area contributed by atoms with E-state index in [4.69, 9.17) is 4.74 Å². The number of carbonyl (C=O) groups excluding carboxylic acids is 2. The molecule has 0 unspecified atom stereocenters. The van der Waals surface area contributed by atoms with Crippen LogP contribution in [-0.2, 0) is 17.6 Å². The number of anilines is 1. The highest BCUT2D eigenvalue weighted by atomic mass is 32.2. The number of nitrogens with one attached hydrogen (secondary N) is 3. The lowest BCUT2D eigenvalue weighted by atomic mass is 10.1. The quantitative estimate of drug-likeness (QED) is 0.384. The molecule has 2 aromatic carbocycles. The molecule has 0 saturated heterocycles. The summed E-state index contributed by atoms with van der Waals surface area (Å²) < 4.78 is 5.15. The Bertz CT molecular complexity index is 1040. The molecule has 3 rings (SSSR count). The summed E-state index contributed by atoms with van der Waals surface area (Å²) in [5.41, 5.74) is 1.99. The number of carbonyl (C=O) groups is 2. The van der Waals surface area contributed by atoms with Gasteiger partial charge in [-0.15, -0.1) is 5.10 Å². The topological polar surface area (TPSA) is 109 Å². The van der Waals surface area contributed by atoms with Crippen molar-refractivity contribution in [1.29, 1.82) is 0 Å². The Labute approximate surface area is 191 Å². The summed E-state index contributed by atoms with van der Waals surface area (Å²) in [6.45, 7) is 2.55. The second-order valence-electron chi connectivity index (χ2n) is 7.05. The zero-order chi connectivity index (χ0) is 22.8. The Morgan fingerprint density at radius 3 is 2.62 bits per heavy atom. The van der Waals surface area contributed by atoms with E-state index in [0.29, 0.717) is 29.4 Å². The van der Waals surface area contributed by atoms with Crippen molar-refractivity contribution < 1.29 is 14.3 Å². The minimum Gasteiger partial charge on any atom is -0.497 e. The SMILES string of the molecule is CCCc1nc(SCC(=O)Nc2ccccc2C(=O)NCCc2ccc(OC)cc2)n[nH]1. The number of nitrogens with zero attached hydrogens (tertiary/aromatic N) is 2. The van der Waals surface area contributed by atoms with Crippen LogP contribution in [0, 0.1) is 0 Å². The van der Waals surface area contributed by atoms with Crippen LogP contribution in [0.15, 0.2) is 53.7 Å². The molecule has 0 aliphatic heterocycles. The highest BCUT2D eigenvalue weighted by Crippen LogP contribution is 2.18. The van der Waals surface area contributed by atoms with E-state index in [9.17, 15) is 9.59 Å². The van der Waals surface area contributed by atoms with Crippen LogP contribution in [0.3, 0.4) is 0 Å². The Morgan fingerprint density at radius 1 is 1.09 bits per heavy atom. The molecule has 3 N–H and O–H groups in total. The van der Waals surface area contributed by atoms with Gasteiger partial charge >= 0.3 is 0 Å². The number of aromatic amines is 1.